The van der Waals surface area contributed by atoms with Gasteiger partial charge in [-0.05, 0) is 26.0 Å². The molecule has 0 radical (unpaired) electrons. The summed E-state index contributed by atoms with van der Waals surface area (Å²) in [7, 11) is 0. The van der Waals surface area contributed by atoms with Crippen LogP contribution in [0.25, 0.3) is 0 Å². The summed E-state index contributed by atoms with van der Waals surface area (Å²) in [5.74, 6) is 6.39. The second-order valence-corrected chi connectivity index (χ2v) is 4.36. The molecule has 1 rings (SSSR count). The Hall–Kier alpha value is -2.05. The topological polar surface area (TPSA) is 35.5 Å². The van der Waals surface area contributed by atoms with E-state index in [9.17, 15) is 4.79 Å². The lowest BCUT2D eigenvalue weighted by atomic mass is 10.1. The highest BCUT2D eigenvalue weighted by Gasteiger charge is 2.12. The SMILES string of the molecule is C=CCOC(C)(C)C#CCOc1ccccc1C=O. The van der Waals surface area contributed by atoms with Gasteiger partial charge in [-0.25, -0.2) is 0 Å². The van der Waals surface area contributed by atoms with Crippen LogP contribution in [-0.4, -0.2) is 25.1 Å². The number of carbonyl (C=O) groups excluding carboxylic acids is 1. The molecule has 0 unspecified atom stereocenters. The summed E-state index contributed by atoms with van der Waals surface area (Å²) in [5, 5.41) is 0. The average molecular weight is 258 g/mol. The van der Waals surface area contributed by atoms with Gasteiger partial charge in [-0.1, -0.05) is 30.0 Å². The van der Waals surface area contributed by atoms with Crippen LogP contribution in [-0.2, 0) is 4.74 Å². The van der Waals surface area contributed by atoms with Crippen molar-refractivity contribution in [3.05, 3.63) is 42.5 Å². The zero-order valence-electron chi connectivity index (χ0n) is 11.3. The molecule has 0 aliphatic rings. The van der Waals surface area contributed by atoms with Crippen molar-refractivity contribution in [2.45, 2.75) is 19.4 Å². The van der Waals surface area contributed by atoms with Crippen molar-refractivity contribution >= 4 is 6.29 Å². The van der Waals surface area contributed by atoms with E-state index in [0.717, 1.165) is 6.29 Å². The van der Waals surface area contributed by atoms with E-state index in [-0.39, 0.29) is 6.61 Å². The fourth-order valence-electron chi connectivity index (χ4n) is 1.38. The minimum atomic E-state index is -0.540. The second-order valence-electron chi connectivity index (χ2n) is 4.36. The molecule has 1 aromatic rings. The van der Waals surface area contributed by atoms with Crippen LogP contribution >= 0.6 is 0 Å². The number of hydrogen-bond donors (Lipinski definition) is 0. The number of hydrogen-bond acceptors (Lipinski definition) is 3. The molecule has 0 heterocycles. The van der Waals surface area contributed by atoms with E-state index in [1.54, 1.807) is 24.3 Å². The highest BCUT2D eigenvalue weighted by molar-refractivity contribution is 5.79. The number of benzene rings is 1. The Kier molecular flexibility index (Phi) is 5.84. The Morgan fingerprint density at radius 2 is 2.11 bits per heavy atom. The zero-order chi connectivity index (χ0) is 14.1. The third-order valence-electron chi connectivity index (χ3n) is 2.30. The molecular weight excluding hydrogens is 240 g/mol. The molecule has 0 atom stereocenters. The molecule has 0 bridgehead atoms. The van der Waals surface area contributed by atoms with E-state index in [2.05, 4.69) is 18.4 Å². The highest BCUT2D eigenvalue weighted by atomic mass is 16.5. The molecule has 0 spiro atoms. The van der Waals surface area contributed by atoms with Crippen LogP contribution in [0, 0.1) is 11.8 Å². The van der Waals surface area contributed by atoms with Crippen LogP contribution in [0.5, 0.6) is 5.75 Å². The van der Waals surface area contributed by atoms with Crippen molar-refractivity contribution < 1.29 is 14.3 Å². The van der Waals surface area contributed by atoms with Gasteiger partial charge in [0.25, 0.3) is 0 Å². The summed E-state index contributed by atoms with van der Waals surface area (Å²) in [6, 6.07) is 7.04. The molecule has 0 amide bonds. The van der Waals surface area contributed by atoms with Gasteiger partial charge in [0.15, 0.2) is 6.29 Å². The molecule has 0 aliphatic carbocycles. The summed E-state index contributed by atoms with van der Waals surface area (Å²) >= 11 is 0. The van der Waals surface area contributed by atoms with Gasteiger partial charge in [-0.3, -0.25) is 4.79 Å². The molecule has 100 valence electrons. The first-order chi connectivity index (χ1) is 9.09. The van der Waals surface area contributed by atoms with Crippen LogP contribution in [0.4, 0.5) is 0 Å². The summed E-state index contributed by atoms with van der Waals surface area (Å²) in [6.07, 6.45) is 2.44. The third-order valence-corrected chi connectivity index (χ3v) is 2.30. The number of para-hydroxylation sites is 1. The molecule has 3 heteroatoms. The van der Waals surface area contributed by atoms with Crippen molar-refractivity contribution in [3.63, 3.8) is 0 Å². The van der Waals surface area contributed by atoms with Crippen molar-refractivity contribution in [2.75, 3.05) is 13.2 Å². The minimum absolute atomic E-state index is 0.214. The molecular formula is C16H18O3. The molecule has 0 saturated carbocycles. The van der Waals surface area contributed by atoms with E-state index < -0.39 is 5.60 Å². The van der Waals surface area contributed by atoms with Gasteiger partial charge < -0.3 is 9.47 Å². The first-order valence-corrected chi connectivity index (χ1v) is 6.01. The number of carbonyl (C=O) groups is 1. The Morgan fingerprint density at radius 1 is 1.37 bits per heavy atom. The van der Waals surface area contributed by atoms with E-state index >= 15 is 0 Å². The Balaban J connectivity index is 2.54. The summed E-state index contributed by atoms with van der Waals surface area (Å²) in [5.41, 5.74) is -0.0201. The van der Waals surface area contributed by atoms with Crippen molar-refractivity contribution in [3.8, 4) is 17.6 Å². The molecule has 0 aromatic heterocycles. The van der Waals surface area contributed by atoms with Gasteiger partial charge in [-0.2, -0.15) is 0 Å². The normalized spacial score (nSPS) is 10.2. The van der Waals surface area contributed by atoms with Crippen LogP contribution in [0.1, 0.15) is 24.2 Å². The van der Waals surface area contributed by atoms with Gasteiger partial charge in [0.2, 0.25) is 0 Å². The van der Waals surface area contributed by atoms with Crippen LogP contribution < -0.4 is 4.74 Å². The van der Waals surface area contributed by atoms with Gasteiger partial charge in [0, 0.05) is 0 Å². The first kappa shape index (κ1) is 15.0. The number of aldehydes is 1. The predicted octanol–water partition coefficient (Wildman–Crippen LogP) is 2.86. The first-order valence-electron chi connectivity index (χ1n) is 6.01. The lowest BCUT2D eigenvalue weighted by Crippen LogP contribution is -2.22. The Bertz CT molecular complexity index is 492. The smallest absolute Gasteiger partial charge is 0.153 e. The minimum Gasteiger partial charge on any atom is -0.480 e. The molecule has 3 nitrogen and oxygen atoms in total. The molecule has 0 N–H and O–H groups in total. The number of ether oxygens (including phenoxy) is 2. The summed E-state index contributed by atoms with van der Waals surface area (Å²) in [6.45, 7) is 8.01. The fourth-order valence-corrected chi connectivity index (χ4v) is 1.38. The molecule has 1 aromatic carbocycles. The molecule has 0 aliphatic heterocycles. The number of rotatable bonds is 6. The fraction of sp³-hybridized carbons (Fsp3) is 0.312. The van der Waals surface area contributed by atoms with E-state index in [0.29, 0.717) is 17.9 Å². The van der Waals surface area contributed by atoms with Crippen molar-refractivity contribution in [1.82, 2.24) is 0 Å². The third kappa shape index (κ3) is 5.41. The quantitative estimate of drug-likeness (QED) is 0.447. The van der Waals surface area contributed by atoms with Crippen molar-refractivity contribution in [1.29, 1.82) is 0 Å². The van der Waals surface area contributed by atoms with Crippen LogP contribution in [0.3, 0.4) is 0 Å². The van der Waals surface area contributed by atoms with Gasteiger partial charge in [0.05, 0.1) is 12.2 Å². The highest BCUT2D eigenvalue weighted by Crippen LogP contribution is 2.15. The Morgan fingerprint density at radius 3 is 2.79 bits per heavy atom. The summed E-state index contributed by atoms with van der Waals surface area (Å²) < 4.78 is 10.9. The van der Waals surface area contributed by atoms with E-state index in [1.807, 2.05) is 19.9 Å². The van der Waals surface area contributed by atoms with Crippen LogP contribution in [0.15, 0.2) is 36.9 Å². The predicted molar refractivity (Wildman–Crippen MR) is 75.3 cm³/mol. The van der Waals surface area contributed by atoms with Gasteiger partial charge in [-0.15, -0.1) is 6.58 Å². The maximum absolute atomic E-state index is 10.8. The zero-order valence-corrected chi connectivity index (χ0v) is 11.3. The largest absolute Gasteiger partial charge is 0.480 e. The molecule has 0 saturated heterocycles. The lowest BCUT2D eigenvalue weighted by molar-refractivity contribution is 0.0469. The van der Waals surface area contributed by atoms with E-state index in [4.69, 9.17) is 9.47 Å². The summed E-state index contributed by atoms with van der Waals surface area (Å²) in [4.78, 5) is 10.8. The lowest BCUT2D eigenvalue weighted by Gasteiger charge is -2.17. The average Bonchev–Trinajstić information content (AvgIpc) is 2.42. The van der Waals surface area contributed by atoms with E-state index in [1.165, 1.54) is 0 Å². The second kappa shape index (κ2) is 7.40. The van der Waals surface area contributed by atoms with Crippen molar-refractivity contribution in [2.24, 2.45) is 0 Å². The van der Waals surface area contributed by atoms with Gasteiger partial charge >= 0.3 is 0 Å². The monoisotopic (exact) mass is 258 g/mol. The maximum Gasteiger partial charge on any atom is 0.153 e. The Labute approximate surface area is 114 Å². The molecule has 19 heavy (non-hydrogen) atoms. The van der Waals surface area contributed by atoms with Gasteiger partial charge in [0.1, 0.15) is 18.0 Å². The maximum atomic E-state index is 10.8. The standard InChI is InChI=1S/C16H18O3/c1-4-11-19-16(2,3)10-7-12-18-15-9-6-5-8-14(15)13-17/h4-6,8-9,13H,1,11-12H2,2-3H3. The molecule has 0 fully saturated rings. The van der Waals surface area contributed by atoms with Crippen LogP contribution in [0.2, 0.25) is 0 Å².